The summed E-state index contributed by atoms with van der Waals surface area (Å²) < 4.78 is 15.8. The van der Waals surface area contributed by atoms with Gasteiger partial charge in [-0.15, -0.1) is 0 Å². The standard InChI is InChI=1S/C21H24O8/c1-11-9-14(12-3-5-13(6-4-12)20(26)27-2)7-8-15(11)28-21-19(25)18(24)17(23)16(10-22)29-21/h3-9,16-19,21-25H,10H2,1-2H3/t16-,17-,18+,19+,21+/m1/s1. The van der Waals surface area contributed by atoms with Gasteiger partial charge in [0.1, 0.15) is 30.2 Å². The van der Waals surface area contributed by atoms with Crippen molar-refractivity contribution in [1.29, 1.82) is 0 Å². The molecule has 1 heterocycles. The molecule has 0 radical (unpaired) electrons. The lowest BCUT2D eigenvalue weighted by Crippen LogP contribution is -2.60. The topological polar surface area (TPSA) is 126 Å². The van der Waals surface area contributed by atoms with Crippen LogP contribution >= 0.6 is 0 Å². The van der Waals surface area contributed by atoms with Crippen molar-refractivity contribution in [2.24, 2.45) is 0 Å². The van der Waals surface area contributed by atoms with Crippen molar-refractivity contribution in [1.82, 2.24) is 0 Å². The van der Waals surface area contributed by atoms with E-state index in [1.165, 1.54) is 7.11 Å². The van der Waals surface area contributed by atoms with Gasteiger partial charge in [0.05, 0.1) is 19.3 Å². The Kier molecular flexibility index (Phi) is 6.51. The van der Waals surface area contributed by atoms with Gasteiger partial charge in [-0.3, -0.25) is 0 Å². The number of esters is 1. The van der Waals surface area contributed by atoms with E-state index in [-0.39, 0.29) is 0 Å². The molecule has 1 fully saturated rings. The summed E-state index contributed by atoms with van der Waals surface area (Å²) in [6.07, 6.45) is -6.69. The smallest absolute Gasteiger partial charge is 0.337 e. The number of aliphatic hydroxyl groups is 4. The third-order valence-electron chi connectivity index (χ3n) is 4.91. The second-order valence-corrected chi connectivity index (χ2v) is 6.86. The lowest BCUT2D eigenvalue weighted by atomic mass is 9.99. The Morgan fingerprint density at radius 3 is 2.24 bits per heavy atom. The summed E-state index contributed by atoms with van der Waals surface area (Å²) in [4.78, 5) is 11.5. The fourth-order valence-corrected chi connectivity index (χ4v) is 3.17. The van der Waals surface area contributed by atoms with Crippen LogP contribution in [0.5, 0.6) is 5.75 Å². The Balaban J connectivity index is 1.77. The Bertz CT molecular complexity index is 848. The first kappa shape index (κ1) is 21.2. The quantitative estimate of drug-likeness (QED) is 0.535. The third kappa shape index (κ3) is 4.42. The third-order valence-corrected chi connectivity index (χ3v) is 4.91. The maximum absolute atomic E-state index is 11.5. The molecule has 156 valence electrons. The van der Waals surface area contributed by atoms with E-state index in [9.17, 15) is 25.2 Å². The number of ether oxygens (including phenoxy) is 3. The monoisotopic (exact) mass is 404 g/mol. The minimum absolute atomic E-state index is 0.406. The van der Waals surface area contributed by atoms with Crippen LogP contribution in [0.1, 0.15) is 15.9 Å². The summed E-state index contributed by atoms with van der Waals surface area (Å²) in [5.74, 6) is 0.0141. The molecule has 2 aromatic rings. The molecule has 2 aromatic carbocycles. The van der Waals surface area contributed by atoms with Gasteiger partial charge in [0.15, 0.2) is 0 Å². The number of carbonyl (C=O) groups excluding carboxylic acids is 1. The number of hydrogen-bond donors (Lipinski definition) is 4. The Morgan fingerprint density at radius 1 is 1.00 bits per heavy atom. The minimum Gasteiger partial charge on any atom is -0.465 e. The number of benzene rings is 2. The highest BCUT2D eigenvalue weighted by Gasteiger charge is 2.44. The van der Waals surface area contributed by atoms with Crippen LogP contribution in [0, 0.1) is 6.92 Å². The average Bonchev–Trinajstić information content (AvgIpc) is 2.74. The van der Waals surface area contributed by atoms with Crippen LogP contribution in [0.4, 0.5) is 0 Å². The molecule has 8 heteroatoms. The number of rotatable bonds is 5. The first-order valence-corrected chi connectivity index (χ1v) is 9.12. The van der Waals surface area contributed by atoms with Crippen LogP contribution < -0.4 is 4.74 Å². The van der Waals surface area contributed by atoms with Crippen LogP contribution in [0.25, 0.3) is 11.1 Å². The largest absolute Gasteiger partial charge is 0.465 e. The highest BCUT2D eigenvalue weighted by Crippen LogP contribution is 2.30. The molecule has 1 aliphatic heterocycles. The Hall–Kier alpha value is -2.49. The molecule has 1 aliphatic rings. The lowest BCUT2D eigenvalue weighted by molar-refractivity contribution is -0.277. The Labute approximate surface area is 167 Å². The summed E-state index contributed by atoms with van der Waals surface area (Å²) in [5.41, 5.74) is 2.98. The summed E-state index contributed by atoms with van der Waals surface area (Å²) in [6, 6.07) is 12.3. The van der Waals surface area contributed by atoms with E-state index in [1.807, 2.05) is 13.0 Å². The summed E-state index contributed by atoms with van der Waals surface area (Å²) in [5, 5.41) is 39.1. The number of methoxy groups -OCH3 is 1. The number of aryl methyl sites for hydroxylation is 1. The maximum atomic E-state index is 11.5. The van der Waals surface area contributed by atoms with E-state index < -0.39 is 43.3 Å². The van der Waals surface area contributed by atoms with Crippen LogP contribution in [-0.2, 0) is 9.47 Å². The van der Waals surface area contributed by atoms with E-state index >= 15 is 0 Å². The van der Waals surface area contributed by atoms with E-state index in [2.05, 4.69) is 0 Å². The first-order valence-electron chi connectivity index (χ1n) is 9.12. The molecule has 0 spiro atoms. The predicted octanol–water partition coefficient (Wildman–Crippen LogP) is 0.627. The van der Waals surface area contributed by atoms with Crippen molar-refractivity contribution >= 4 is 5.97 Å². The molecule has 1 saturated heterocycles. The van der Waals surface area contributed by atoms with Gasteiger partial charge in [-0.05, 0) is 47.9 Å². The maximum Gasteiger partial charge on any atom is 0.337 e. The van der Waals surface area contributed by atoms with E-state index in [0.717, 1.165) is 16.7 Å². The fourth-order valence-electron chi connectivity index (χ4n) is 3.17. The number of carbonyl (C=O) groups is 1. The SMILES string of the molecule is COC(=O)c1ccc(-c2ccc(O[C@H]3O[C@H](CO)[C@@H](O)[C@H](O)[C@@H]3O)c(C)c2)cc1. The van der Waals surface area contributed by atoms with Crippen LogP contribution in [0.15, 0.2) is 42.5 Å². The van der Waals surface area contributed by atoms with E-state index in [1.54, 1.807) is 36.4 Å². The zero-order valence-corrected chi connectivity index (χ0v) is 16.1. The molecule has 0 bridgehead atoms. The van der Waals surface area contributed by atoms with Crippen molar-refractivity contribution in [3.05, 3.63) is 53.6 Å². The van der Waals surface area contributed by atoms with Gasteiger partial charge >= 0.3 is 5.97 Å². The molecule has 0 amide bonds. The van der Waals surface area contributed by atoms with Gasteiger partial charge < -0.3 is 34.6 Å². The summed E-state index contributed by atoms with van der Waals surface area (Å²) >= 11 is 0. The molecular weight excluding hydrogens is 380 g/mol. The van der Waals surface area contributed by atoms with Gasteiger partial charge in [-0.1, -0.05) is 18.2 Å². The molecular formula is C21H24O8. The van der Waals surface area contributed by atoms with Gasteiger partial charge in [0, 0.05) is 0 Å². The van der Waals surface area contributed by atoms with Gasteiger partial charge in [0.2, 0.25) is 6.29 Å². The normalized spacial score (nSPS) is 26.8. The van der Waals surface area contributed by atoms with E-state index in [0.29, 0.717) is 11.3 Å². The van der Waals surface area contributed by atoms with Crippen molar-refractivity contribution in [2.75, 3.05) is 13.7 Å². The summed E-state index contributed by atoms with van der Waals surface area (Å²) in [7, 11) is 1.33. The first-order chi connectivity index (χ1) is 13.8. The fraction of sp³-hybridized carbons (Fsp3) is 0.381. The van der Waals surface area contributed by atoms with Crippen molar-refractivity contribution < 1.29 is 39.4 Å². The second-order valence-electron chi connectivity index (χ2n) is 6.86. The van der Waals surface area contributed by atoms with E-state index in [4.69, 9.17) is 14.2 Å². The number of hydrogen-bond acceptors (Lipinski definition) is 8. The van der Waals surface area contributed by atoms with Crippen molar-refractivity contribution in [3.8, 4) is 16.9 Å². The molecule has 5 atom stereocenters. The minimum atomic E-state index is -1.50. The molecule has 29 heavy (non-hydrogen) atoms. The van der Waals surface area contributed by atoms with Gasteiger partial charge in [0.25, 0.3) is 0 Å². The van der Waals surface area contributed by atoms with Crippen molar-refractivity contribution in [2.45, 2.75) is 37.6 Å². The van der Waals surface area contributed by atoms with Crippen LogP contribution in [-0.4, -0.2) is 70.8 Å². The highest BCUT2D eigenvalue weighted by molar-refractivity contribution is 5.90. The molecule has 8 nitrogen and oxygen atoms in total. The number of aliphatic hydroxyl groups excluding tert-OH is 4. The molecule has 4 N–H and O–H groups in total. The van der Waals surface area contributed by atoms with Crippen LogP contribution in [0.2, 0.25) is 0 Å². The average molecular weight is 404 g/mol. The van der Waals surface area contributed by atoms with Gasteiger partial charge in [-0.25, -0.2) is 4.79 Å². The summed E-state index contributed by atoms with van der Waals surface area (Å²) in [6.45, 7) is 1.29. The Morgan fingerprint density at radius 2 is 1.66 bits per heavy atom. The van der Waals surface area contributed by atoms with Crippen LogP contribution in [0.3, 0.4) is 0 Å². The van der Waals surface area contributed by atoms with Gasteiger partial charge in [-0.2, -0.15) is 0 Å². The molecule has 0 aromatic heterocycles. The molecule has 3 rings (SSSR count). The predicted molar refractivity (Wildman–Crippen MR) is 102 cm³/mol. The highest BCUT2D eigenvalue weighted by atomic mass is 16.7. The van der Waals surface area contributed by atoms with Crippen molar-refractivity contribution in [3.63, 3.8) is 0 Å². The molecule has 0 saturated carbocycles. The molecule has 0 aliphatic carbocycles. The molecule has 0 unspecified atom stereocenters. The zero-order chi connectivity index (χ0) is 21.1. The lowest BCUT2D eigenvalue weighted by Gasteiger charge is -2.39. The second kappa shape index (κ2) is 8.89. The zero-order valence-electron chi connectivity index (χ0n) is 16.1.